The van der Waals surface area contributed by atoms with Gasteiger partial charge in [0.1, 0.15) is 4.83 Å². The van der Waals surface area contributed by atoms with E-state index in [1.54, 1.807) is 11.5 Å². The highest BCUT2D eigenvalue weighted by Crippen LogP contribution is 2.27. The Labute approximate surface area is 144 Å². The van der Waals surface area contributed by atoms with E-state index in [0.717, 1.165) is 11.3 Å². The van der Waals surface area contributed by atoms with Gasteiger partial charge in [-0.15, -0.1) is 11.3 Å². The fraction of sp³-hybridized carbons (Fsp3) is 0.278. The molecule has 1 amide bonds. The molecule has 0 saturated heterocycles. The lowest BCUT2D eigenvalue weighted by Gasteiger charge is -2.07. The van der Waals surface area contributed by atoms with Crippen LogP contribution in [0.4, 0.5) is 5.69 Å². The Morgan fingerprint density at radius 1 is 1.25 bits per heavy atom. The standard InChI is InChI=1S/C18H19N3O2S/c1-5-21-9-19-17-14(18(21)23)12(4)15(24-17)16(22)20-13-7-6-10(2)11(3)8-13/h6-9H,5H2,1-4H3,(H,20,22). The summed E-state index contributed by atoms with van der Waals surface area (Å²) >= 11 is 1.26. The van der Waals surface area contributed by atoms with Crippen molar-refractivity contribution < 1.29 is 4.79 Å². The van der Waals surface area contributed by atoms with E-state index < -0.39 is 0 Å². The van der Waals surface area contributed by atoms with Gasteiger partial charge in [-0.25, -0.2) is 4.98 Å². The number of thiophene rings is 1. The van der Waals surface area contributed by atoms with Gasteiger partial charge in [-0.3, -0.25) is 14.2 Å². The molecule has 1 aromatic carbocycles. The summed E-state index contributed by atoms with van der Waals surface area (Å²) in [6.07, 6.45) is 1.53. The molecule has 3 rings (SSSR count). The zero-order chi connectivity index (χ0) is 17.4. The Morgan fingerprint density at radius 3 is 2.67 bits per heavy atom. The number of aryl methyl sites for hydroxylation is 4. The second-order valence-corrected chi connectivity index (χ2v) is 6.82. The molecule has 124 valence electrons. The third kappa shape index (κ3) is 2.73. The third-order valence-electron chi connectivity index (χ3n) is 4.23. The summed E-state index contributed by atoms with van der Waals surface area (Å²) in [6.45, 7) is 8.29. The molecule has 0 atom stereocenters. The molecule has 1 N–H and O–H groups in total. The lowest BCUT2D eigenvalue weighted by Crippen LogP contribution is -2.19. The van der Waals surface area contributed by atoms with Gasteiger partial charge in [0.2, 0.25) is 0 Å². The highest BCUT2D eigenvalue weighted by atomic mass is 32.1. The SMILES string of the molecule is CCn1cnc2sc(C(=O)Nc3ccc(C)c(C)c3)c(C)c2c1=O. The van der Waals surface area contributed by atoms with Crippen LogP contribution in [0.3, 0.4) is 0 Å². The van der Waals surface area contributed by atoms with Gasteiger partial charge >= 0.3 is 0 Å². The highest BCUT2D eigenvalue weighted by Gasteiger charge is 2.19. The molecule has 24 heavy (non-hydrogen) atoms. The number of aromatic nitrogens is 2. The highest BCUT2D eigenvalue weighted by molar-refractivity contribution is 7.20. The van der Waals surface area contributed by atoms with Crippen molar-refractivity contribution in [2.45, 2.75) is 34.2 Å². The van der Waals surface area contributed by atoms with Crippen molar-refractivity contribution in [1.29, 1.82) is 0 Å². The van der Waals surface area contributed by atoms with Gasteiger partial charge in [0.15, 0.2) is 0 Å². The summed E-state index contributed by atoms with van der Waals surface area (Å²) < 4.78 is 1.55. The van der Waals surface area contributed by atoms with Gasteiger partial charge < -0.3 is 5.32 Å². The quantitative estimate of drug-likeness (QED) is 0.791. The number of anilines is 1. The average molecular weight is 341 g/mol. The first-order chi connectivity index (χ1) is 11.4. The number of nitrogens with one attached hydrogen (secondary N) is 1. The molecule has 6 heteroatoms. The number of hydrogen-bond donors (Lipinski definition) is 1. The van der Waals surface area contributed by atoms with E-state index >= 15 is 0 Å². The van der Waals surface area contributed by atoms with Crippen molar-refractivity contribution in [3.8, 4) is 0 Å². The first-order valence-corrected chi connectivity index (χ1v) is 8.61. The van der Waals surface area contributed by atoms with Crippen LogP contribution in [0, 0.1) is 20.8 Å². The summed E-state index contributed by atoms with van der Waals surface area (Å²) in [4.78, 5) is 30.5. The normalized spacial score (nSPS) is 11.0. The number of fused-ring (bicyclic) bond motifs is 1. The zero-order valence-electron chi connectivity index (χ0n) is 14.1. The van der Waals surface area contributed by atoms with Crippen LogP contribution in [0.1, 0.15) is 33.3 Å². The smallest absolute Gasteiger partial charge is 0.266 e. The van der Waals surface area contributed by atoms with Gasteiger partial charge in [0.25, 0.3) is 11.5 Å². The molecule has 0 saturated carbocycles. The molecular weight excluding hydrogens is 322 g/mol. The van der Waals surface area contributed by atoms with Crippen LogP contribution in [0.25, 0.3) is 10.2 Å². The molecule has 0 radical (unpaired) electrons. The van der Waals surface area contributed by atoms with Crippen LogP contribution >= 0.6 is 11.3 Å². The molecule has 0 aliphatic carbocycles. The molecule has 0 spiro atoms. The van der Waals surface area contributed by atoms with Crippen LogP contribution in [-0.4, -0.2) is 15.5 Å². The maximum Gasteiger partial charge on any atom is 0.266 e. The predicted octanol–water partition coefficient (Wildman–Crippen LogP) is 3.66. The maximum atomic E-state index is 12.6. The van der Waals surface area contributed by atoms with Gasteiger partial charge in [-0.05, 0) is 56.5 Å². The minimum absolute atomic E-state index is 0.0959. The Balaban J connectivity index is 2.01. The molecule has 2 aromatic heterocycles. The number of nitrogens with zero attached hydrogens (tertiary/aromatic N) is 2. The number of benzene rings is 1. The van der Waals surface area contributed by atoms with E-state index in [4.69, 9.17) is 0 Å². The lowest BCUT2D eigenvalue weighted by atomic mass is 10.1. The third-order valence-corrected chi connectivity index (χ3v) is 5.43. The van der Waals surface area contributed by atoms with E-state index in [2.05, 4.69) is 10.3 Å². The summed E-state index contributed by atoms with van der Waals surface area (Å²) in [5.41, 5.74) is 3.64. The second kappa shape index (κ2) is 6.20. The molecule has 0 aliphatic heterocycles. The number of carbonyl (C=O) groups excluding carboxylic acids is 1. The molecule has 0 fully saturated rings. The van der Waals surface area contributed by atoms with Crippen molar-refractivity contribution in [3.05, 3.63) is 56.4 Å². The molecule has 0 aliphatic rings. The molecule has 3 aromatic rings. The van der Waals surface area contributed by atoms with Gasteiger partial charge in [0, 0.05) is 12.2 Å². The largest absolute Gasteiger partial charge is 0.321 e. The van der Waals surface area contributed by atoms with Gasteiger partial charge in [0.05, 0.1) is 16.6 Å². The van der Waals surface area contributed by atoms with Crippen LogP contribution < -0.4 is 10.9 Å². The first-order valence-electron chi connectivity index (χ1n) is 7.79. The number of amides is 1. The fourth-order valence-corrected chi connectivity index (χ4v) is 3.64. The zero-order valence-corrected chi connectivity index (χ0v) is 15.0. The second-order valence-electron chi connectivity index (χ2n) is 5.83. The van der Waals surface area contributed by atoms with E-state index in [9.17, 15) is 9.59 Å². The van der Waals surface area contributed by atoms with E-state index in [1.165, 1.54) is 23.2 Å². The molecular formula is C18H19N3O2S. The topological polar surface area (TPSA) is 64.0 Å². The fourth-order valence-electron chi connectivity index (χ4n) is 2.61. The minimum Gasteiger partial charge on any atom is -0.321 e. The Kier molecular flexibility index (Phi) is 4.24. The van der Waals surface area contributed by atoms with Crippen molar-refractivity contribution in [3.63, 3.8) is 0 Å². The minimum atomic E-state index is -0.207. The van der Waals surface area contributed by atoms with Crippen molar-refractivity contribution in [2.24, 2.45) is 0 Å². The van der Waals surface area contributed by atoms with Crippen molar-refractivity contribution >= 4 is 33.1 Å². The Hall–Kier alpha value is -2.47. The summed E-state index contributed by atoms with van der Waals surface area (Å²) in [6, 6.07) is 5.80. The van der Waals surface area contributed by atoms with E-state index in [-0.39, 0.29) is 11.5 Å². The number of rotatable bonds is 3. The number of carbonyl (C=O) groups is 1. The molecule has 2 heterocycles. The summed E-state index contributed by atoms with van der Waals surface area (Å²) in [7, 11) is 0. The predicted molar refractivity (Wildman–Crippen MR) is 98.2 cm³/mol. The van der Waals surface area contributed by atoms with Crippen molar-refractivity contribution in [1.82, 2.24) is 9.55 Å². The Bertz CT molecular complexity index is 1000. The maximum absolute atomic E-state index is 12.6. The van der Waals surface area contributed by atoms with Crippen LogP contribution in [-0.2, 0) is 6.54 Å². The lowest BCUT2D eigenvalue weighted by molar-refractivity contribution is 0.103. The Morgan fingerprint density at radius 2 is 2.00 bits per heavy atom. The van der Waals surface area contributed by atoms with Crippen LogP contribution in [0.5, 0.6) is 0 Å². The first kappa shape index (κ1) is 16.4. The molecule has 0 unspecified atom stereocenters. The summed E-state index contributed by atoms with van der Waals surface area (Å²) in [5.74, 6) is -0.207. The monoisotopic (exact) mass is 341 g/mol. The summed E-state index contributed by atoms with van der Waals surface area (Å²) in [5, 5.41) is 3.45. The van der Waals surface area contributed by atoms with E-state index in [1.807, 2.05) is 39.0 Å². The number of hydrogen-bond acceptors (Lipinski definition) is 4. The molecule has 5 nitrogen and oxygen atoms in total. The van der Waals surface area contributed by atoms with E-state index in [0.29, 0.717) is 27.2 Å². The van der Waals surface area contributed by atoms with Crippen molar-refractivity contribution in [2.75, 3.05) is 5.32 Å². The van der Waals surface area contributed by atoms with Gasteiger partial charge in [-0.2, -0.15) is 0 Å². The molecule has 0 bridgehead atoms. The average Bonchev–Trinajstić information content (AvgIpc) is 2.89. The van der Waals surface area contributed by atoms with Gasteiger partial charge in [-0.1, -0.05) is 6.07 Å². The van der Waals surface area contributed by atoms with Crippen LogP contribution in [0.2, 0.25) is 0 Å². The van der Waals surface area contributed by atoms with Crippen LogP contribution in [0.15, 0.2) is 29.3 Å².